The Morgan fingerprint density at radius 1 is 0.229 bits per heavy atom. The minimum absolute atomic E-state index is 0.701. The van der Waals surface area contributed by atoms with E-state index >= 15 is 0 Å². The fourth-order valence-electron chi connectivity index (χ4n) is 10.4. The van der Waals surface area contributed by atoms with Gasteiger partial charge in [0, 0.05) is 46.7 Å². The highest BCUT2D eigenvalue weighted by molar-refractivity contribution is 7.80. The minimum atomic E-state index is -0.908. The van der Waals surface area contributed by atoms with Gasteiger partial charge < -0.3 is 10.6 Å². The van der Waals surface area contributed by atoms with E-state index in [9.17, 15) is 0 Å². The average Bonchev–Trinajstić information content (AvgIpc) is 3.43. The van der Waals surface area contributed by atoms with Crippen LogP contribution in [0.5, 0.6) is 0 Å². The van der Waals surface area contributed by atoms with Gasteiger partial charge in [-0.25, -0.2) is 0 Å². The van der Waals surface area contributed by atoms with Crippen LogP contribution in [0.4, 0.5) is 11.4 Å². The van der Waals surface area contributed by atoms with Crippen molar-refractivity contribution in [3.8, 4) is 22.3 Å². The summed E-state index contributed by atoms with van der Waals surface area (Å²) in [7, 11) is -1.82. The summed E-state index contributed by atoms with van der Waals surface area (Å²) in [6.07, 6.45) is 0. The number of rotatable bonds is 13. The maximum Gasteiger partial charge on any atom is 0.0427 e. The van der Waals surface area contributed by atoms with Crippen molar-refractivity contribution >= 4 is 102 Å². The molecule has 0 saturated carbocycles. The molecule has 12 aromatic rings. The van der Waals surface area contributed by atoms with Crippen molar-refractivity contribution in [3.63, 3.8) is 0 Å². The van der Waals surface area contributed by atoms with Crippen LogP contribution < -0.4 is 42.5 Å². The predicted molar refractivity (Wildman–Crippen MR) is 308 cm³/mol. The SMILES string of the molecule is c1ccc(P(c2ccccc2)c2ccc3ccccc3c2-c2c(NCCNc3ccc4ccccc4c3-c3c(P(c4ccccc4)c4ccccc4)ccc4ccccc34)ccc3ccccc23)cc1. The summed E-state index contributed by atoms with van der Waals surface area (Å²) < 4.78 is 0. The molecule has 0 aliphatic carbocycles. The van der Waals surface area contributed by atoms with Crippen LogP contribution in [0.15, 0.2) is 267 Å². The Hall–Kier alpha value is -7.86. The van der Waals surface area contributed by atoms with Gasteiger partial charge in [-0.3, -0.25) is 0 Å². The smallest absolute Gasteiger partial charge is 0.0427 e. The molecule has 0 heterocycles. The molecule has 70 heavy (non-hydrogen) atoms. The van der Waals surface area contributed by atoms with Crippen molar-refractivity contribution in [2.75, 3.05) is 23.7 Å². The van der Waals surface area contributed by atoms with Crippen molar-refractivity contribution in [2.24, 2.45) is 0 Å². The van der Waals surface area contributed by atoms with Gasteiger partial charge in [-0.05, 0) is 103 Å². The van der Waals surface area contributed by atoms with Crippen molar-refractivity contribution in [1.29, 1.82) is 0 Å². The van der Waals surface area contributed by atoms with Crippen molar-refractivity contribution in [1.82, 2.24) is 0 Å². The van der Waals surface area contributed by atoms with E-state index in [0.29, 0.717) is 13.1 Å². The first kappa shape index (κ1) is 43.4. The van der Waals surface area contributed by atoms with Crippen LogP contribution in [0.3, 0.4) is 0 Å². The summed E-state index contributed by atoms with van der Waals surface area (Å²) in [6, 6.07) is 98.6. The van der Waals surface area contributed by atoms with E-state index in [-0.39, 0.29) is 0 Å². The highest BCUT2D eigenvalue weighted by Crippen LogP contribution is 2.47. The Morgan fingerprint density at radius 3 is 0.800 bits per heavy atom. The van der Waals surface area contributed by atoms with Crippen molar-refractivity contribution in [2.45, 2.75) is 0 Å². The third-order valence-electron chi connectivity index (χ3n) is 13.5. The molecule has 12 aromatic carbocycles. The van der Waals surface area contributed by atoms with E-state index in [2.05, 4.69) is 278 Å². The molecular formula is C66H50N2P2. The number of hydrogen-bond donors (Lipinski definition) is 2. The molecule has 4 heteroatoms. The van der Waals surface area contributed by atoms with Crippen LogP contribution in [0.1, 0.15) is 0 Å². The van der Waals surface area contributed by atoms with Crippen LogP contribution >= 0.6 is 15.8 Å². The molecular weight excluding hydrogens is 883 g/mol. The van der Waals surface area contributed by atoms with E-state index in [1.54, 1.807) is 0 Å². The second kappa shape index (κ2) is 19.6. The van der Waals surface area contributed by atoms with Gasteiger partial charge in [-0.2, -0.15) is 0 Å². The molecule has 0 amide bonds. The maximum atomic E-state index is 4.03. The van der Waals surface area contributed by atoms with Gasteiger partial charge in [-0.1, -0.05) is 255 Å². The standard InChI is InChI=1S/C66H50N2P2/c1-5-25-51(26-6-1)69(52-27-7-2-8-28-52)61-43-39-49-23-15-19-35-57(49)65(61)63-55-33-17-13-21-47(55)37-41-59(63)67-45-46-68-60-42-38-48-22-14-18-34-56(48)64(60)66-58-36-20-16-24-50(58)40-44-62(66)70(53-29-9-3-10-30-53)54-31-11-4-12-32-54/h1-44,67-68H,45-46H2. The summed E-state index contributed by atoms with van der Waals surface area (Å²) in [5.41, 5.74) is 7.31. The Labute approximate surface area is 412 Å². The molecule has 0 unspecified atom stereocenters. The fourth-order valence-corrected chi connectivity index (χ4v) is 15.3. The Balaban J connectivity index is 0.978. The molecule has 0 fully saturated rings. The Morgan fingerprint density at radius 2 is 0.486 bits per heavy atom. The molecule has 2 N–H and O–H groups in total. The number of hydrogen-bond acceptors (Lipinski definition) is 2. The van der Waals surface area contributed by atoms with Gasteiger partial charge in [0.25, 0.3) is 0 Å². The van der Waals surface area contributed by atoms with Gasteiger partial charge in [0.05, 0.1) is 0 Å². The lowest BCUT2D eigenvalue weighted by atomic mass is 9.92. The second-order valence-corrected chi connectivity index (χ2v) is 22.0. The van der Waals surface area contributed by atoms with Crippen LogP contribution in [-0.2, 0) is 0 Å². The second-order valence-electron chi connectivity index (χ2n) is 17.6. The minimum Gasteiger partial charge on any atom is -0.383 e. The third-order valence-corrected chi connectivity index (χ3v) is 18.4. The molecule has 0 radical (unpaired) electrons. The number of fused-ring (bicyclic) bond motifs is 4. The zero-order valence-electron chi connectivity index (χ0n) is 38.7. The van der Waals surface area contributed by atoms with E-state index in [1.807, 2.05) is 0 Å². The van der Waals surface area contributed by atoms with Crippen LogP contribution in [-0.4, -0.2) is 13.1 Å². The highest BCUT2D eigenvalue weighted by atomic mass is 31.1. The zero-order chi connectivity index (χ0) is 46.6. The lowest BCUT2D eigenvalue weighted by Gasteiger charge is -2.26. The average molecular weight is 933 g/mol. The first-order chi connectivity index (χ1) is 34.8. The zero-order valence-corrected chi connectivity index (χ0v) is 40.5. The molecule has 12 rings (SSSR count). The number of nitrogens with one attached hydrogen (secondary N) is 2. The van der Waals surface area contributed by atoms with E-state index in [0.717, 1.165) is 11.4 Å². The number of anilines is 2. The van der Waals surface area contributed by atoms with Gasteiger partial charge in [0.2, 0.25) is 0 Å². The van der Waals surface area contributed by atoms with Crippen molar-refractivity contribution < 1.29 is 0 Å². The van der Waals surface area contributed by atoms with E-state index < -0.39 is 15.8 Å². The molecule has 0 aliphatic heterocycles. The molecule has 0 aromatic heterocycles. The van der Waals surface area contributed by atoms with E-state index in [4.69, 9.17) is 0 Å². The Bertz CT molecular complexity index is 3450. The van der Waals surface area contributed by atoms with Gasteiger partial charge in [-0.15, -0.1) is 0 Å². The van der Waals surface area contributed by atoms with Crippen LogP contribution in [0.25, 0.3) is 65.3 Å². The third kappa shape index (κ3) is 8.31. The lowest BCUT2D eigenvalue weighted by Crippen LogP contribution is -2.23. The lowest BCUT2D eigenvalue weighted by molar-refractivity contribution is 1.08. The van der Waals surface area contributed by atoms with Gasteiger partial charge in [0.15, 0.2) is 0 Å². The largest absolute Gasteiger partial charge is 0.383 e. The molecule has 0 bridgehead atoms. The summed E-state index contributed by atoms with van der Waals surface area (Å²) in [4.78, 5) is 0. The normalized spacial score (nSPS) is 11.5. The van der Waals surface area contributed by atoms with Gasteiger partial charge >= 0.3 is 0 Å². The molecule has 2 nitrogen and oxygen atoms in total. The van der Waals surface area contributed by atoms with Gasteiger partial charge in [0.1, 0.15) is 0 Å². The first-order valence-electron chi connectivity index (χ1n) is 24.1. The van der Waals surface area contributed by atoms with Crippen LogP contribution in [0, 0.1) is 0 Å². The van der Waals surface area contributed by atoms with E-state index in [1.165, 1.54) is 97.2 Å². The Kier molecular flexibility index (Phi) is 12.2. The highest BCUT2D eigenvalue weighted by Gasteiger charge is 2.27. The van der Waals surface area contributed by atoms with Crippen molar-refractivity contribution in [3.05, 3.63) is 267 Å². The molecule has 0 aliphatic rings. The first-order valence-corrected chi connectivity index (χ1v) is 26.8. The summed E-state index contributed by atoms with van der Waals surface area (Å²) >= 11 is 0. The maximum absolute atomic E-state index is 4.03. The monoisotopic (exact) mass is 932 g/mol. The summed E-state index contributed by atoms with van der Waals surface area (Å²) in [5.74, 6) is 0. The fraction of sp³-hybridized carbons (Fsp3) is 0.0303. The summed E-state index contributed by atoms with van der Waals surface area (Å²) in [5, 5.41) is 26.0. The molecule has 334 valence electrons. The number of benzene rings is 12. The quantitative estimate of drug-likeness (QED) is 0.0889. The molecule has 0 atom stereocenters. The van der Waals surface area contributed by atoms with Crippen LogP contribution in [0.2, 0.25) is 0 Å². The topological polar surface area (TPSA) is 24.1 Å². The summed E-state index contributed by atoms with van der Waals surface area (Å²) in [6.45, 7) is 1.40. The predicted octanol–water partition coefficient (Wildman–Crippen LogP) is 14.7. The molecule has 0 spiro atoms. The molecule has 0 saturated heterocycles.